The fourth-order valence-electron chi connectivity index (χ4n) is 1.85. The van der Waals surface area contributed by atoms with Gasteiger partial charge in [-0.15, -0.1) is 0 Å². The summed E-state index contributed by atoms with van der Waals surface area (Å²) >= 11 is 5.73. The zero-order chi connectivity index (χ0) is 16.5. The third-order valence-corrected chi connectivity index (χ3v) is 3.10. The van der Waals surface area contributed by atoms with E-state index in [0.29, 0.717) is 16.7 Å². The molecule has 116 valence electrons. The molecule has 0 aromatic heterocycles. The van der Waals surface area contributed by atoms with Crippen LogP contribution in [0.4, 0.5) is 17.6 Å². The molecule has 2 aromatic rings. The van der Waals surface area contributed by atoms with Gasteiger partial charge in [-0.2, -0.15) is 13.2 Å². The third kappa shape index (κ3) is 3.39. The maximum absolute atomic E-state index is 13.7. The number of carbonyl (C=O) groups excluding carboxylic acids is 1. The van der Waals surface area contributed by atoms with Gasteiger partial charge in [0.1, 0.15) is 17.1 Å². The van der Waals surface area contributed by atoms with E-state index in [1.54, 1.807) is 6.92 Å². The number of carbonyl (C=O) groups is 1. The fourth-order valence-corrected chi connectivity index (χ4v) is 2.07. The van der Waals surface area contributed by atoms with Crippen LogP contribution in [0.2, 0.25) is 5.02 Å². The van der Waals surface area contributed by atoms with E-state index in [4.69, 9.17) is 16.3 Å². The number of aryl methyl sites for hydroxylation is 1. The van der Waals surface area contributed by atoms with Crippen LogP contribution in [0.1, 0.15) is 21.5 Å². The Hall–Kier alpha value is -2.08. The summed E-state index contributed by atoms with van der Waals surface area (Å²) in [5.41, 5.74) is -2.10. The summed E-state index contributed by atoms with van der Waals surface area (Å²) in [4.78, 5) is 11.9. The Bertz CT molecular complexity index is 726. The number of rotatable bonds is 2. The number of hydrogen-bond donors (Lipinski definition) is 0. The predicted octanol–water partition coefficient (Wildman–Crippen LogP) is 5.03. The summed E-state index contributed by atoms with van der Waals surface area (Å²) < 4.78 is 57.1. The molecule has 0 spiro atoms. The van der Waals surface area contributed by atoms with E-state index in [2.05, 4.69) is 0 Å². The highest BCUT2D eigenvalue weighted by molar-refractivity contribution is 6.30. The number of halogens is 5. The van der Waals surface area contributed by atoms with Crippen LogP contribution in [0, 0.1) is 12.7 Å². The van der Waals surface area contributed by atoms with Crippen molar-refractivity contribution in [2.75, 3.05) is 0 Å². The van der Waals surface area contributed by atoms with Gasteiger partial charge in [0.25, 0.3) is 0 Å². The first-order valence-corrected chi connectivity index (χ1v) is 6.42. The van der Waals surface area contributed by atoms with E-state index in [-0.39, 0.29) is 5.75 Å². The zero-order valence-corrected chi connectivity index (χ0v) is 11.9. The SMILES string of the molecule is Cc1cc(Cl)ccc1OC(=O)c1c(F)cccc1C(F)(F)F. The summed E-state index contributed by atoms with van der Waals surface area (Å²) in [7, 11) is 0. The van der Waals surface area contributed by atoms with Gasteiger partial charge in [0.15, 0.2) is 0 Å². The molecular weight excluding hydrogens is 324 g/mol. The Morgan fingerprint density at radius 1 is 1.18 bits per heavy atom. The first-order chi connectivity index (χ1) is 10.2. The van der Waals surface area contributed by atoms with Crippen LogP contribution in [0.5, 0.6) is 5.75 Å². The average molecular weight is 333 g/mol. The fraction of sp³-hybridized carbons (Fsp3) is 0.133. The first kappa shape index (κ1) is 16.3. The van der Waals surface area contributed by atoms with Crippen molar-refractivity contribution in [1.82, 2.24) is 0 Å². The molecule has 0 aliphatic heterocycles. The molecule has 0 N–H and O–H groups in total. The highest BCUT2D eigenvalue weighted by atomic mass is 35.5. The van der Waals surface area contributed by atoms with Crippen LogP contribution in [0.25, 0.3) is 0 Å². The summed E-state index contributed by atoms with van der Waals surface area (Å²) in [5.74, 6) is -2.71. The van der Waals surface area contributed by atoms with E-state index in [1.165, 1.54) is 18.2 Å². The van der Waals surface area contributed by atoms with Crippen molar-refractivity contribution in [2.45, 2.75) is 13.1 Å². The highest BCUT2D eigenvalue weighted by Crippen LogP contribution is 2.34. The third-order valence-electron chi connectivity index (χ3n) is 2.86. The molecule has 0 aliphatic carbocycles. The van der Waals surface area contributed by atoms with Crippen LogP contribution in [-0.4, -0.2) is 5.97 Å². The van der Waals surface area contributed by atoms with E-state index in [0.717, 1.165) is 12.1 Å². The minimum absolute atomic E-state index is 0.00535. The quantitative estimate of drug-likeness (QED) is 0.438. The lowest BCUT2D eigenvalue weighted by molar-refractivity contribution is -0.138. The smallest absolute Gasteiger partial charge is 0.417 e. The molecule has 2 aromatic carbocycles. The molecule has 0 radical (unpaired) electrons. The molecule has 7 heteroatoms. The normalized spacial score (nSPS) is 11.4. The summed E-state index contributed by atoms with van der Waals surface area (Å²) in [6.45, 7) is 1.56. The minimum atomic E-state index is -4.87. The molecule has 22 heavy (non-hydrogen) atoms. The second-order valence-electron chi connectivity index (χ2n) is 4.46. The Morgan fingerprint density at radius 3 is 2.45 bits per heavy atom. The number of esters is 1. The minimum Gasteiger partial charge on any atom is -0.423 e. The van der Waals surface area contributed by atoms with Gasteiger partial charge in [0.05, 0.1) is 5.56 Å². The van der Waals surface area contributed by atoms with Crippen molar-refractivity contribution >= 4 is 17.6 Å². The maximum Gasteiger partial charge on any atom is 0.417 e. The van der Waals surface area contributed by atoms with Crippen molar-refractivity contribution in [2.24, 2.45) is 0 Å². The van der Waals surface area contributed by atoms with E-state index in [9.17, 15) is 22.4 Å². The van der Waals surface area contributed by atoms with Gasteiger partial charge >= 0.3 is 12.1 Å². The zero-order valence-electron chi connectivity index (χ0n) is 11.2. The van der Waals surface area contributed by atoms with Crippen LogP contribution in [0.15, 0.2) is 36.4 Å². The number of benzene rings is 2. The van der Waals surface area contributed by atoms with Crippen molar-refractivity contribution in [3.63, 3.8) is 0 Å². The standard InChI is InChI=1S/C15H9ClF4O2/c1-8-7-9(16)5-6-12(8)22-14(21)13-10(15(18,19)20)3-2-4-11(13)17/h2-7H,1H3. The Balaban J connectivity index is 2.42. The second-order valence-corrected chi connectivity index (χ2v) is 4.90. The van der Waals surface area contributed by atoms with E-state index < -0.39 is 29.1 Å². The Kier molecular flexibility index (Phi) is 4.42. The first-order valence-electron chi connectivity index (χ1n) is 6.04. The van der Waals surface area contributed by atoms with Gasteiger partial charge in [0, 0.05) is 5.02 Å². The lowest BCUT2D eigenvalue weighted by atomic mass is 10.1. The van der Waals surface area contributed by atoms with Crippen LogP contribution in [-0.2, 0) is 6.18 Å². The van der Waals surface area contributed by atoms with Gasteiger partial charge < -0.3 is 4.74 Å². The molecule has 0 atom stereocenters. The van der Waals surface area contributed by atoms with Gasteiger partial charge in [-0.05, 0) is 42.8 Å². The molecule has 2 nitrogen and oxygen atoms in total. The van der Waals surface area contributed by atoms with Crippen LogP contribution >= 0.6 is 11.6 Å². The number of hydrogen-bond acceptors (Lipinski definition) is 2. The van der Waals surface area contributed by atoms with Crippen molar-refractivity contribution < 1.29 is 27.1 Å². The highest BCUT2D eigenvalue weighted by Gasteiger charge is 2.37. The summed E-state index contributed by atoms with van der Waals surface area (Å²) in [5, 5.41) is 0.374. The number of ether oxygens (including phenoxy) is 1. The topological polar surface area (TPSA) is 26.3 Å². The molecule has 0 heterocycles. The molecule has 0 aliphatic rings. The van der Waals surface area contributed by atoms with Gasteiger partial charge in [-0.25, -0.2) is 9.18 Å². The van der Waals surface area contributed by atoms with Crippen molar-refractivity contribution in [1.29, 1.82) is 0 Å². The lowest BCUT2D eigenvalue weighted by Crippen LogP contribution is -2.19. The van der Waals surface area contributed by atoms with Crippen LogP contribution in [0.3, 0.4) is 0 Å². The number of alkyl halides is 3. The van der Waals surface area contributed by atoms with Gasteiger partial charge in [-0.1, -0.05) is 17.7 Å². The maximum atomic E-state index is 13.7. The van der Waals surface area contributed by atoms with Gasteiger partial charge in [0.2, 0.25) is 0 Å². The molecule has 2 rings (SSSR count). The summed E-state index contributed by atoms with van der Waals surface area (Å²) in [6, 6.07) is 6.46. The molecule has 0 unspecified atom stereocenters. The Labute approximate surface area is 128 Å². The largest absolute Gasteiger partial charge is 0.423 e. The summed E-state index contributed by atoms with van der Waals surface area (Å²) in [6.07, 6.45) is -4.87. The van der Waals surface area contributed by atoms with Crippen molar-refractivity contribution in [3.8, 4) is 5.75 Å². The molecular formula is C15H9ClF4O2. The predicted molar refractivity (Wildman–Crippen MR) is 72.5 cm³/mol. The Morgan fingerprint density at radius 2 is 1.86 bits per heavy atom. The van der Waals surface area contributed by atoms with Gasteiger partial charge in [-0.3, -0.25) is 0 Å². The molecule has 0 saturated heterocycles. The van der Waals surface area contributed by atoms with Crippen LogP contribution < -0.4 is 4.74 Å². The molecule has 0 bridgehead atoms. The second kappa shape index (κ2) is 5.96. The van der Waals surface area contributed by atoms with E-state index >= 15 is 0 Å². The molecule has 0 fully saturated rings. The molecule has 0 saturated carbocycles. The molecule has 0 amide bonds. The average Bonchev–Trinajstić information content (AvgIpc) is 2.40. The van der Waals surface area contributed by atoms with Crippen molar-refractivity contribution in [3.05, 3.63) is 63.9 Å². The monoisotopic (exact) mass is 332 g/mol. The lowest BCUT2D eigenvalue weighted by Gasteiger charge is -2.13. The van der Waals surface area contributed by atoms with E-state index in [1.807, 2.05) is 0 Å².